The summed E-state index contributed by atoms with van der Waals surface area (Å²) in [5, 5.41) is 8.88. The Morgan fingerprint density at radius 3 is 2.63 bits per heavy atom. The van der Waals surface area contributed by atoms with Crippen LogP contribution in [0.1, 0.15) is 25.6 Å². The SMILES string of the molecule is CCCC(CNS(=O)(=O)c1cn(C)c(C)n1)C(=O)O. The molecule has 1 aromatic heterocycles. The summed E-state index contributed by atoms with van der Waals surface area (Å²) in [6.07, 6.45) is 2.51. The number of hydrogen-bond acceptors (Lipinski definition) is 4. The fourth-order valence-corrected chi connectivity index (χ4v) is 2.72. The third-order valence-corrected chi connectivity index (χ3v) is 4.16. The van der Waals surface area contributed by atoms with E-state index in [4.69, 9.17) is 5.11 Å². The highest BCUT2D eigenvalue weighted by atomic mass is 32.2. The van der Waals surface area contributed by atoms with E-state index in [1.165, 1.54) is 6.20 Å². The summed E-state index contributed by atoms with van der Waals surface area (Å²) in [5.41, 5.74) is 0. The zero-order valence-corrected chi connectivity index (χ0v) is 12.1. The molecule has 19 heavy (non-hydrogen) atoms. The lowest BCUT2D eigenvalue weighted by molar-refractivity contribution is -0.141. The fourth-order valence-electron chi connectivity index (χ4n) is 1.60. The lowest BCUT2D eigenvalue weighted by Crippen LogP contribution is -2.33. The van der Waals surface area contributed by atoms with Gasteiger partial charge in [0, 0.05) is 19.8 Å². The summed E-state index contributed by atoms with van der Waals surface area (Å²) in [7, 11) is -2.06. The van der Waals surface area contributed by atoms with Crippen LogP contribution < -0.4 is 4.72 Å². The van der Waals surface area contributed by atoms with Gasteiger partial charge in [0.15, 0.2) is 5.03 Å². The molecule has 0 spiro atoms. The number of carbonyl (C=O) groups is 1. The number of carboxylic acids is 1. The normalized spacial score (nSPS) is 13.4. The number of nitrogens with one attached hydrogen (secondary N) is 1. The molecule has 0 aliphatic heterocycles. The topological polar surface area (TPSA) is 101 Å². The molecule has 0 aliphatic rings. The minimum absolute atomic E-state index is 0.0897. The number of carboxylic acid groups (broad SMARTS) is 1. The van der Waals surface area contributed by atoms with Gasteiger partial charge >= 0.3 is 5.97 Å². The van der Waals surface area contributed by atoms with E-state index in [2.05, 4.69) is 9.71 Å². The molecule has 7 nitrogen and oxygen atoms in total. The van der Waals surface area contributed by atoms with E-state index in [-0.39, 0.29) is 11.6 Å². The molecular weight excluding hydrogens is 270 g/mol. The van der Waals surface area contributed by atoms with Crippen molar-refractivity contribution in [2.24, 2.45) is 13.0 Å². The molecule has 0 amide bonds. The van der Waals surface area contributed by atoms with E-state index in [0.717, 1.165) is 0 Å². The molecule has 0 aliphatic carbocycles. The summed E-state index contributed by atoms with van der Waals surface area (Å²) in [6.45, 7) is 3.42. The van der Waals surface area contributed by atoms with E-state index < -0.39 is 21.9 Å². The predicted molar refractivity (Wildman–Crippen MR) is 69.2 cm³/mol. The Kier molecular flexibility index (Phi) is 5.07. The quantitative estimate of drug-likeness (QED) is 0.761. The lowest BCUT2D eigenvalue weighted by Gasteiger charge is -2.11. The molecule has 0 bridgehead atoms. The monoisotopic (exact) mass is 289 g/mol. The van der Waals surface area contributed by atoms with Crippen LogP contribution in [0.15, 0.2) is 11.2 Å². The van der Waals surface area contributed by atoms with Gasteiger partial charge in [0.1, 0.15) is 5.82 Å². The number of rotatable bonds is 7. The van der Waals surface area contributed by atoms with Gasteiger partial charge in [0.05, 0.1) is 5.92 Å². The van der Waals surface area contributed by atoms with E-state index in [0.29, 0.717) is 18.7 Å². The van der Waals surface area contributed by atoms with Crippen molar-refractivity contribution in [2.75, 3.05) is 6.54 Å². The molecule has 1 aromatic rings. The van der Waals surface area contributed by atoms with Crippen molar-refractivity contribution >= 4 is 16.0 Å². The standard InChI is InChI=1S/C11H19N3O4S/c1-4-5-9(11(15)16)6-12-19(17,18)10-7-14(3)8(2)13-10/h7,9,12H,4-6H2,1-3H3,(H,15,16). The average molecular weight is 289 g/mol. The van der Waals surface area contributed by atoms with Crippen molar-refractivity contribution in [3.05, 3.63) is 12.0 Å². The van der Waals surface area contributed by atoms with Crippen LogP contribution in [0.4, 0.5) is 0 Å². The number of sulfonamides is 1. The summed E-state index contributed by atoms with van der Waals surface area (Å²) < 4.78 is 27.8. The highest BCUT2D eigenvalue weighted by Gasteiger charge is 2.23. The van der Waals surface area contributed by atoms with E-state index >= 15 is 0 Å². The van der Waals surface area contributed by atoms with Crippen LogP contribution in [0.3, 0.4) is 0 Å². The number of nitrogens with zero attached hydrogens (tertiary/aromatic N) is 2. The van der Waals surface area contributed by atoms with Gasteiger partial charge < -0.3 is 9.67 Å². The predicted octanol–water partition coefficient (Wildman–Crippen LogP) is 0.508. The van der Waals surface area contributed by atoms with Gasteiger partial charge in [0.25, 0.3) is 10.0 Å². The van der Waals surface area contributed by atoms with Gasteiger partial charge in [-0.05, 0) is 13.3 Å². The van der Waals surface area contributed by atoms with Crippen LogP contribution in [0.2, 0.25) is 0 Å². The zero-order chi connectivity index (χ0) is 14.6. The lowest BCUT2D eigenvalue weighted by atomic mass is 10.1. The first kappa shape index (κ1) is 15.6. The molecule has 0 saturated carbocycles. The summed E-state index contributed by atoms with van der Waals surface area (Å²) in [5.74, 6) is -1.14. The van der Waals surface area contributed by atoms with Gasteiger partial charge in [-0.15, -0.1) is 0 Å². The zero-order valence-electron chi connectivity index (χ0n) is 11.3. The third kappa shape index (κ3) is 4.03. The van der Waals surface area contributed by atoms with Crippen molar-refractivity contribution in [3.8, 4) is 0 Å². The average Bonchev–Trinajstić information content (AvgIpc) is 2.65. The van der Waals surface area contributed by atoms with Crippen LogP contribution in [-0.2, 0) is 21.9 Å². The highest BCUT2D eigenvalue weighted by molar-refractivity contribution is 7.89. The molecule has 0 saturated heterocycles. The molecule has 1 heterocycles. The third-order valence-electron chi connectivity index (χ3n) is 2.87. The molecule has 0 aromatic carbocycles. The van der Waals surface area contributed by atoms with Gasteiger partial charge in [-0.1, -0.05) is 13.3 Å². The highest BCUT2D eigenvalue weighted by Crippen LogP contribution is 2.10. The van der Waals surface area contributed by atoms with Crippen LogP contribution in [0, 0.1) is 12.8 Å². The smallest absolute Gasteiger partial charge is 0.307 e. The van der Waals surface area contributed by atoms with Crippen molar-refractivity contribution in [1.82, 2.24) is 14.3 Å². The number of aromatic nitrogens is 2. The van der Waals surface area contributed by atoms with E-state index in [9.17, 15) is 13.2 Å². The number of aryl methyl sites for hydroxylation is 2. The molecule has 0 radical (unpaired) electrons. The Morgan fingerprint density at radius 1 is 1.58 bits per heavy atom. The molecule has 2 N–H and O–H groups in total. The molecule has 1 rings (SSSR count). The maximum atomic E-state index is 11.9. The van der Waals surface area contributed by atoms with Crippen LogP contribution in [0.25, 0.3) is 0 Å². The fraction of sp³-hybridized carbons (Fsp3) is 0.636. The van der Waals surface area contributed by atoms with Crippen LogP contribution in [0.5, 0.6) is 0 Å². The molecule has 8 heteroatoms. The second-order valence-corrected chi connectivity index (χ2v) is 6.13. The largest absolute Gasteiger partial charge is 0.481 e. The Hall–Kier alpha value is -1.41. The van der Waals surface area contributed by atoms with E-state index in [1.807, 2.05) is 6.92 Å². The molecule has 108 valence electrons. The Balaban J connectivity index is 2.77. The van der Waals surface area contributed by atoms with E-state index in [1.54, 1.807) is 18.5 Å². The summed E-state index contributed by atoms with van der Waals surface area (Å²) >= 11 is 0. The van der Waals surface area contributed by atoms with Crippen LogP contribution >= 0.6 is 0 Å². The number of imidazole rings is 1. The van der Waals surface area contributed by atoms with Crippen molar-refractivity contribution in [3.63, 3.8) is 0 Å². The first-order valence-electron chi connectivity index (χ1n) is 6.00. The van der Waals surface area contributed by atoms with Gasteiger partial charge in [0.2, 0.25) is 0 Å². The minimum Gasteiger partial charge on any atom is -0.481 e. The molecule has 0 fully saturated rings. The van der Waals surface area contributed by atoms with Gasteiger partial charge in [-0.25, -0.2) is 18.1 Å². The Morgan fingerprint density at radius 2 is 2.21 bits per heavy atom. The Bertz CT molecular complexity index is 531. The molecular formula is C11H19N3O4S. The maximum Gasteiger partial charge on any atom is 0.307 e. The van der Waals surface area contributed by atoms with Gasteiger partial charge in [-0.3, -0.25) is 4.79 Å². The van der Waals surface area contributed by atoms with Crippen molar-refractivity contribution < 1.29 is 18.3 Å². The maximum absolute atomic E-state index is 11.9. The number of hydrogen-bond donors (Lipinski definition) is 2. The Labute approximate surface area is 112 Å². The second-order valence-electron chi connectivity index (χ2n) is 4.41. The first-order chi connectivity index (χ1) is 8.77. The van der Waals surface area contributed by atoms with Crippen LogP contribution in [-0.4, -0.2) is 35.6 Å². The van der Waals surface area contributed by atoms with Crippen molar-refractivity contribution in [2.45, 2.75) is 31.7 Å². The first-order valence-corrected chi connectivity index (χ1v) is 7.48. The summed E-state index contributed by atoms with van der Waals surface area (Å²) in [6, 6.07) is 0. The molecule has 1 atom stereocenters. The minimum atomic E-state index is -3.75. The molecule has 1 unspecified atom stereocenters. The second kappa shape index (κ2) is 6.16. The van der Waals surface area contributed by atoms with Gasteiger partial charge in [-0.2, -0.15) is 0 Å². The van der Waals surface area contributed by atoms with Crippen molar-refractivity contribution in [1.29, 1.82) is 0 Å². The summed E-state index contributed by atoms with van der Waals surface area (Å²) in [4.78, 5) is 14.9. The number of aliphatic carboxylic acids is 1.